The molecule has 0 aromatic carbocycles. The van der Waals surface area contributed by atoms with Gasteiger partial charge in [-0.25, -0.2) is 9.97 Å². The molecule has 0 unspecified atom stereocenters. The monoisotopic (exact) mass is 274 g/mol. The van der Waals surface area contributed by atoms with Gasteiger partial charge in [0.15, 0.2) is 0 Å². The largest absolute Gasteiger partial charge is 0.464 e. The summed E-state index contributed by atoms with van der Waals surface area (Å²) in [6, 6.07) is 5.94. The first-order valence-corrected chi connectivity index (χ1v) is 6.94. The summed E-state index contributed by atoms with van der Waals surface area (Å²) in [7, 11) is 2.00. The molecule has 0 saturated heterocycles. The topological polar surface area (TPSA) is 54.2 Å². The van der Waals surface area contributed by atoms with E-state index in [9.17, 15) is 0 Å². The van der Waals surface area contributed by atoms with Crippen molar-refractivity contribution in [3.8, 4) is 0 Å². The maximum absolute atomic E-state index is 5.60. The lowest BCUT2D eigenvalue weighted by atomic mass is 10.4. The molecule has 0 bridgehead atoms. The molecule has 5 heteroatoms. The summed E-state index contributed by atoms with van der Waals surface area (Å²) in [5.74, 6) is 4.40. The molecule has 5 nitrogen and oxygen atoms in total. The van der Waals surface area contributed by atoms with Crippen LogP contribution in [0.25, 0.3) is 0 Å². The molecule has 0 spiro atoms. The van der Waals surface area contributed by atoms with Gasteiger partial charge in [-0.3, -0.25) is 0 Å². The van der Waals surface area contributed by atoms with Gasteiger partial charge in [0.25, 0.3) is 0 Å². The molecule has 0 radical (unpaired) electrons. The third-order valence-corrected chi connectivity index (χ3v) is 2.96. The second-order valence-corrected chi connectivity index (χ2v) is 4.95. The molecule has 2 heterocycles. The fraction of sp³-hybridized carbons (Fsp3) is 0.467. The number of aromatic nitrogens is 2. The maximum Gasteiger partial charge on any atom is 0.134 e. The summed E-state index contributed by atoms with van der Waals surface area (Å²) in [6.07, 6.45) is 1.07. The number of aryl methyl sites for hydroxylation is 2. The Hall–Kier alpha value is -2.04. The number of nitrogens with zero attached hydrogens (tertiary/aromatic N) is 3. The predicted molar refractivity (Wildman–Crippen MR) is 81.1 cm³/mol. The van der Waals surface area contributed by atoms with E-state index in [2.05, 4.69) is 27.1 Å². The van der Waals surface area contributed by atoms with E-state index in [1.165, 1.54) is 0 Å². The number of rotatable bonds is 6. The summed E-state index contributed by atoms with van der Waals surface area (Å²) in [5, 5.41) is 3.30. The molecule has 0 aliphatic heterocycles. The second-order valence-electron chi connectivity index (χ2n) is 4.95. The maximum atomic E-state index is 5.60. The summed E-state index contributed by atoms with van der Waals surface area (Å²) in [6.45, 7) is 7.60. The molecule has 108 valence electrons. The Morgan fingerprint density at radius 1 is 1.25 bits per heavy atom. The Labute approximate surface area is 120 Å². The van der Waals surface area contributed by atoms with Crippen LogP contribution >= 0.6 is 0 Å². The molecular formula is C15H22N4O. The van der Waals surface area contributed by atoms with Gasteiger partial charge in [-0.2, -0.15) is 0 Å². The van der Waals surface area contributed by atoms with Gasteiger partial charge < -0.3 is 14.6 Å². The quantitative estimate of drug-likeness (QED) is 0.877. The second kappa shape index (κ2) is 6.41. The summed E-state index contributed by atoms with van der Waals surface area (Å²) in [4.78, 5) is 10.9. The van der Waals surface area contributed by atoms with Crippen LogP contribution in [-0.4, -0.2) is 23.6 Å². The molecule has 0 atom stereocenters. The van der Waals surface area contributed by atoms with Crippen molar-refractivity contribution in [1.82, 2.24) is 9.97 Å². The Morgan fingerprint density at radius 3 is 2.70 bits per heavy atom. The molecular weight excluding hydrogens is 252 g/mol. The lowest BCUT2D eigenvalue weighted by Crippen LogP contribution is -2.18. The van der Waals surface area contributed by atoms with Crippen LogP contribution in [0, 0.1) is 13.8 Å². The predicted octanol–water partition coefficient (Wildman–Crippen LogP) is 3.14. The van der Waals surface area contributed by atoms with Crippen molar-refractivity contribution in [1.29, 1.82) is 0 Å². The Balaban J connectivity index is 2.12. The highest BCUT2D eigenvalue weighted by molar-refractivity contribution is 5.49. The highest BCUT2D eigenvalue weighted by Crippen LogP contribution is 2.18. The first kappa shape index (κ1) is 14.4. The van der Waals surface area contributed by atoms with Gasteiger partial charge in [-0.1, -0.05) is 6.92 Å². The fourth-order valence-electron chi connectivity index (χ4n) is 1.98. The van der Waals surface area contributed by atoms with Crippen molar-refractivity contribution in [2.75, 3.05) is 23.8 Å². The number of hydrogen-bond acceptors (Lipinski definition) is 5. The van der Waals surface area contributed by atoms with E-state index in [-0.39, 0.29) is 0 Å². The zero-order chi connectivity index (χ0) is 14.5. The smallest absolute Gasteiger partial charge is 0.134 e. The van der Waals surface area contributed by atoms with Gasteiger partial charge >= 0.3 is 0 Å². The zero-order valence-electron chi connectivity index (χ0n) is 12.6. The molecule has 0 amide bonds. The molecule has 2 aromatic rings. The van der Waals surface area contributed by atoms with Crippen LogP contribution < -0.4 is 10.2 Å². The Morgan fingerprint density at radius 2 is 2.05 bits per heavy atom. The van der Waals surface area contributed by atoms with Crippen LogP contribution in [0.15, 0.2) is 22.6 Å². The van der Waals surface area contributed by atoms with E-state index < -0.39 is 0 Å². The lowest BCUT2D eigenvalue weighted by Gasteiger charge is -2.18. The average Bonchev–Trinajstić information content (AvgIpc) is 2.81. The zero-order valence-corrected chi connectivity index (χ0v) is 12.6. The number of furan rings is 1. The first-order valence-electron chi connectivity index (χ1n) is 6.94. The van der Waals surface area contributed by atoms with Crippen molar-refractivity contribution in [3.05, 3.63) is 35.5 Å². The summed E-state index contributed by atoms with van der Waals surface area (Å²) >= 11 is 0. The van der Waals surface area contributed by atoms with E-state index in [1.807, 2.05) is 39.1 Å². The lowest BCUT2D eigenvalue weighted by molar-refractivity contribution is 0.481. The van der Waals surface area contributed by atoms with Crippen molar-refractivity contribution in [2.45, 2.75) is 33.7 Å². The standard InChI is InChI=1S/C15H22N4O/c1-5-8-16-14-9-15(18-12(3)17-14)19(4)10-13-7-6-11(2)20-13/h6-7,9H,5,8,10H2,1-4H3,(H,16,17,18). The van der Waals surface area contributed by atoms with E-state index >= 15 is 0 Å². The van der Waals surface area contributed by atoms with E-state index in [0.717, 1.165) is 41.9 Å². The highest BCUT2D eigenvalue weighted by atomic mass is 16.3. The SMILES string of the molecule is CCCNc1cc(N(C)Cc2ccc(C)o2)nc(C)n1. The number of hydrogen-bond donors (Lipinski definition) is 1. The molecule has 1 N–H and O–H groups in total. The highest BCUT2D eigenvalue weighted by Gasteiger charge is 2.09. The third-order valence-electron chi connectivity index (χ3n) is 2.96. The van der Waals surface area contributed by atoms with Gasteiger partial charge in [0, 0.05) is 19.7 Å². The molecule has 2 rings (SSSR count). The van der Waals surface area contributed by atoms with Crippen LogP contribution in [0.5, 0.6) is 0 Å². The molecule has 0 aliphatic carbocycles. The molecule has 0 saturated carbocycles. The minimum Gasteiger partial charge on any atom is -0.464 e. The minimum absolute atomic E-state index is 0.692. The summed E-state index contributed by atoms with van der Waals surface area (Å²) < 4.78 is 5.60. The molecule has 20 heavy (non-hydrogen) atoms. The fourth-order valence-corrected chi connectivity index (χ4v) is 1.98. The van der Waals surface area contributed by atoms with Crippen molar-refractivity contribution in [3.63, 3.8) is 0 Å². The van der Waals surface area contributed by atoms with Gasteiger partial charge in [-0.05, 0) is 32.4 Å². The first-order chi connectivity index (χ1) is 9.58. The van der Waals surface area contributed by atoms with E-state index in [1.54, 1.807) is 0 Å². The van der Waals surface area contributed by atoms with Gasteiger partial charge in [0.05, 0.1) is 6.54 Å². The summed E-state index contributed by atoms with van der Waals surface area (Å²) in [5.41, 5.74) is 0. The Bertz CT molecular complexity index is 565. The molecule has 0 aliphatic rings. The van der Waals surface area contributed by atoms with Crippen LogP contribution in [-0.2, 0) is 6.54 Å². The number of anilines is 2. The van der Waals surface area contributed by atoms with Crippen molar-refractivity contribution < 1.29 is 4.42 Å². The molecule has 0 fully saturated rings. The molecule has 2 aromatic heterocycles. The third kappa shape index (κ3) is 3.73. The average molecular weight is 274 g/mol. The Kier molecular flexibility index (Phi) is 4.61. The van der Waals surface area contributed by atoms with Gasteiger partial charge in [-0.15, -0.1) is 0 Å². The van der Waals surface area contributed by atoms with Crippen LogP contribution in [0.3, 0.4) is 0 Å². The number of nitrogens with one attached hydrogen (secondary N) is 1. The normalized spacial score (nSPS) is 10.6. The van der Waals surface area contributed by atoms with E-state index in [0.29, 0.717) is 6.54 Å². The van der Waals surface area contributed by atoms with E-state index in [4.69, 9.17) is 4.42 Å². The minimum atomic E-state index is 0.692. The van der Waals surface area contributed by atoms with Crippen molar-refractivity contribution in [2.24, 2.45) is 0 Å². The van der Waals surface area contributed by atoms with Crippen molar-refractivity contribution >= 4 is 11.6 Å². The van der Waals surface area contributed by atoms with Crippen LogP contribution in [0.2, 0.25) is 0 Å². The van der Waals surface area contributed by atoms with Crippen LogP contribution in [0.1, 0.15) is 30.7 Å². The van der Waals surface area contributed by atoms with Crippen LogP contribution in [0.4, 0.5) is 11.6 Å². The van der Waals surface area contributed by atoms with Gasteiger partial charge in [0.2, 0.25) is 0 Å². The van der Waals surface area contributed by atoms with Gasteiger partial charge in [0.1, 0.15) is 29.0 Å².